The van der Waals surface area contributed by atoms with Gasteiger partial charge in [0.2, 0.25) is 0 Å². The Balaban J connectivity index is 2.06. The second kappa shape index (κ2) is 4.68. The average molecular weight is 256 g/mol. The van der Waals surface area contributed by atoms with Crippen molar-refractivity contribution in [3.8, 4) is 0 Å². The molecule has 3 rings (SSSR count). The van der Waals surface area contributed by atoms with Crippen LogP contribution in [0.15, 0.2) is 24.3 Å². The van der Waals surface area contributed by atoms with Crippen LogP contribution in [-0.2, 0) is 0 Å². The molecule has 1 atom stereocenters. The second-order valence-corrected chi connectivity index (χ2v) is 5.57. The molecule has 1 aliphatic heterocycles. The van der Waals surface area contributed by atoms with Crippen molar-refractivity contribution in [2.75, 3.05) is 17.2 Å². The SMILES string of the molecule is CC(C)C1CCCN1c1nc2ccccc2nc1N. The van der Waals surface area contributed by atoms with Gasteiger partial charge >= 0.3 is 0 Å². The molecule has 1 unspecified atom stereocenters. The topological polar surface area (TPSA) is 55.0 Å². The summed E-state index contributed by atoms with van der Waals surface area (Å²) in [4.78, 5) is 11.5. The Morgan fingerprint density at radius 2 is 1.89 bits per heavy atom. The summed E-state index contributed by atoms with van der Waals surface area (Å²) in [5.74, 6) is 2.01. The van der Waals surface area contributed by atoms with Gasteiger partial charge in [0.1, 0.15) is 0 Å². The summed E-state index contributed by atoms with van der Waals surface area (Å²) in [6, 6.07) is 8.42. The zero-order chi connectivity index (χ0) is 13.4. The summed E-state index contributed by atoms with van der Waals surface area (Å²) in [6.45, 7) is 5.54. The average Bonchev–Trinajstić information content (AvgIpc) is 2.87. The predicted molar refractivity (Wildman–Crippen MR) is 79.2 cm³/mol. The lowest BCUT2D eigenvalue weighted by Crippen LogP contribution is -2.34. The maximum Gasteiger partial charge on any atom is 0.172 e. The van der Waals surface area contributed by atoms with Crippen LogP contribution in [0.2, 0.25) is 0 Å². The zero-order valence-corrected chi connectivity index (χ0v) is 11.5. The summed E-state index contributed by atoms with van der Waals surface area (Å²) < 4.78 is 0. The van der Waals surface area contributed by atoms with Crippen LogP contribution in [-0.4, -0.2) is 22.6 Å². The van der Waals surface area contributed by atoms with Gasteiger partial charge in [-0.15, -0.1) is 0 Å². The third-order valence-electron chi connectivity index (χ3n) is 3.92. The van der Waals surface area contributed by atoms with Crippen LogP contribution in [0.3, 0.4) is 0 Å². The molecule has 0 saturated carbocycles. The van der Waals surface area contributed by atoms with Crippen molar-refractivity contribution in [3.63, 3.8) is 0 Å². The van der Waals surface area contributed by atoms with Crippen LogP contribution >= 0.6 is 0 Å². The number of anilines is 2. The Bertz CT molecular complexity index is 594. The van der Waals surface area contributed by atoms with Gasteiger partial charge in [-0.3, -0.25) is 0 Å². The third kappa shape index (κ3) is 2.11. The van der Waals surface area contributed by atoms with E-state index in [1.165, 1.54) is 12.8 Å². The molecule has 4 nitrogen and oxygen atoms in total. The van der Waals surface area contributed by atoms with E-state index in [1.807, 2.05) is 24.3 Å². The highest BCUT2D eigenvalue weighted by Gasteiger charge is 2.29. The van der Waals surface area contributed by atoms with Crippen LogP contribution in [0.4, 0.5) is 11.6 Å². The van der Waals surface area contributed by atoms with E-state index in [2.05, 4.69) is 23.7 Å². The smallest absolute Gasteiger partial charge is 0.172 e. The maximum absolute atomic E-state index is 6.11. The molecule has 0 amide bonds. The first-order valence-electron chi connectivity index (χ1n) is 6.95. The lowest BCUT2D eigenvalue weighted by molar-refractivity contribution is 0.490. The van der Waals surface area contributed by atoms with E-state index in [-0.39, 0.29) is 0 Å². The van der Waals surface area contributed by atoms with Crippen molar-refractivity contribution in [2.24, 2.45) is 5.92 Å². The number of hydrogen-bond acceptors (Lipinski definition) is 4. The number of benzene rings is 1. The molecule has 0 bridgehead atoms. The number of nitrogen functional groups attached to an aromatic ring is 1. The predicted octanol–water partition coefficient (Wildman–Crippen LogP) is 2.84. The zero-order valence-electron chi connectivity index (χ0n) is 11.5. The third-order valence-corrected chi connectivity index (χ3v) is 3.92. The van der Waals surface area contributed by atoms with Gasteiger partial charge in [0, 0.05) is 12.6 Å². The largest absolute Gasteiger partial charge is 0.381 e. The van der Waals surface area contributed by atoms with Gasteiger partial charge in [-0.25, -0.2) is 9.97 Å². The molecule has 1 aromatic heterocycles. The first-order chi connectivity index (χ1) is 9.16. The van der Waals surface area contributed by atoms with Crippen molar-refractivity contribution in [1.29, 1.82) is 0 Å². The number of nitrogens with zero attached hydrogens (tertiary/aromatic N) is 3. The highest BCUT2D eigenvalue weighted by molar-refractivity contribution is 5.79. The summed E-state index contributed by atoms with van der Waals surface area (Å²) in [5.41, 5.74) is 7.90. The quantitative estimate of drug-likeness (QED) is 0.897. The number of hydrogen-bond donors (Lipinski definition) is 1. The number of rotatable bonds is 2. The van der Waals surface area contributed by atoms with Gasteiger partial charge in [0.25, 0.3) is 0 Å². The van der Waals surface area contributed by atoms with Crippen molar-refractivity contribution in [1.82, 2.24) is 9.97 Å². The lowest BCUT2D eigenvalue weighted by atomic mass is 10.0. The molecule has 1 fully saturated rings. The minimum absolute atomic E-state index is 0.526. The Hall–Kier alpha value is -1.84. The van der Waals surface area contributed by atoms with E-state index < -0.39 is 0 Å². The van der Waals surface area contributed by atoms with E-state index in [1.54, 1.807) is 0 Å². The standard InChI is InChI=1S/C15H20N4/c1-10(2)13-8-5-9-19(13)15-14(16)17-11-6-3-4-7-12(11)18-15/h3-4,6-7,10,13H,5,8-9H2,1-2H3,(H2,16,17). The summed E-state index contributed by atoms with van der Waals surface area (Å²) >= 11 is 0. The van der Waals surface area contributed by atoms with Gasteiger partial charge in [-0.05, 0) is 30.9 Å². The fourth-order valence-electron chi connectivity index (χ4n) is 2.96. The van der Waals surface area contributed by atoms with Gasteiger partial charge in [0.05, 0.1) is 11.0 Å². The van der Waals surface area contributed by atoms with Crippen molar-refractivity contribution in [2.45, 2.75) is 32.7 Å². The Morgan fingerprint density at radius 1 is 1.21 bits per heavy atom. The maximum atomic E-state index is 6.11. The molecule has 4 heteroatoms. The fraction of sp³-hybridized carbons (Fsp3) is 0.467. The van der Waals surface area contributed by atoms with E-state index in [0.29, 0.717) is 17.8 Å². The van der Waals surface area contributed by atoms with E-state index >= 15 is 0 Å². The number of aromatic nitrogens is 2. The van der Waals surface area contributed by atoms with Crippen LogP contribution < -0.4 is 10.6 Å². The molecule has 2 N–H and O–H groups in total. The normalized spacial score (nSPS) is 19.5. The summed E-state index contributed by atoms with van der Waals surface area (Å²) in [7, 11) is 0. The highest BCUT2D eigenvalue weighted by Crippen LogP contribution is 2.32. The molecule has 0 radical (unpaired) electrons. The Kier molecular flexibility index (Phi) is 3.01. The summed E-state index contributed by atoms with van der Waals surface area (Å²) in [6.07, 6.45) is 2.42. The first kappa shape index (κ1) is 12.2. The van der Waals surface area contributed by atoms with Crippen LogP contribution in [0, 0.1) is 5.92 Å². The molecule has 19 heavy (non-hydrogen) atoms. The van der Waals surface area contributed by atoms with E-state index in [4.69, 9.17) is 10.7 Å². The second-order valence-electron chi connectivity index (χ2n) is 5.57. The van der Waals surface area contributed by atoms with Crippen LogP contribution in [0.5, 0.6) is 0 Å². The molecular weight excluding hydrogens is 236 g/mol. The number of fused-ring (bicyclic) bond motifs is 1. The Labute approximate surface area is 113 Å². The van der Waals surface area contributed by atoms with Crippen LogP contribution in [0.1, 0.15) is 26.7 Å². The molecule has 2 aromatic rings. The van der Waals surface area contributed by atoms with Gasteiger partial charge in [0.15, 0.2) is 11.6 Å². The van der Waals surface area contributed by atoms with Gasteiger partial charge in [-0.1, -0.05) is 26.0 Å². The number of para-hydroxylation sites is 2. The molecule has 1 aliphatic rings. The van der Waals surface area contributed by atoms with Gasteiger partial charge in [-0.2, -0.15) is 0 Å². The van der Waals surface area contributed by atoms with Crippen molar-refractivity contribution < 1.29 is 0 Å². The molecule has 0 spiro atoms. The molecular formula is C15H20N4. The van der Waals surface area contributed by atoms with E-state index in [0.717, 1.165) is 23.4 Å². The van der Waals surface area contributed by atoms with Crippen molar-refractivity contribution >= 4 is 22.7 Å². The highest BCUT2D eigenvalue weighted by atomic mass is 15.3. The molecule has 0 aliphatic carbocycles. The molecule has 1 saturated heterocycles. The summed E-state index contributed by atoms with van der Waals surface area (Å²) in [5, 5.41) is 0. The van der Waals surface area contributed by atoms with Gasteiger partial charge < -0.3 is 10.6 Å². The fourth-order valence-corrected chi connectivity index (χ4v) is 2.96. The first-order valence-corrected chi connectivity index (χ1v) is 6.95. The Morgan fingerprint density at radius 3 is 2.58 bits per heavy atom. The molecule has 2 heterocycles. The van der Waals surface area contributed by atoms with Crippen LogP contribution in [0.25, 0.3) is 11.0 Å². The van der Waals surface area contributed by atoms with Crippen molar-refractivity contribution in [3.05, 3.63) is 24.3 Å². The monoisotopic (exact) mass is 256 g/mol. The minimum Gasteiger partial charge on any atom is -0.381 e. The molecule has 100 valence electrons. The minimum atomic E-state index is 0.526. The van der Waals surface area contributed by atoms with E-state index in [9.17, 15) is 0 Å². The molecule has 1 aromatic carbocycles. The lowest BCUT2D eigenvalue weighted by Gasteiger charge is -2.29. The number of nitrogens with two attached hydrogens (primary N) is 1.